The van der Waals surface area contributed by atoms with Gasteiger partial charge in [-0.2, -0.15) is 11.8 Å². The minimum atomic E-state index is -0.115. The van der Waals surface area contributed by atoms with Gasteiger partial charge in [0, 0.05) is 30.3 Å². The minimum Gasteiger partial charge on any atom is -0.379 e. The van der Waals surface area contributed by atoms with E-state index in [1.165, 1.54) is 38.1 Å². The van der Waals surface area contributed by atoms with Crippen molar-refractivity contribution in [2.24, 2.45) is 0 Å². The molecule has 5 aliphatic rings. The summed E-state index contributed by atoms with van der Waals surface area (Å²) in [5.74, 6) is 3.34. The van der Waals surface area contributed by atoms with Crippen molar-refractivity contribution < 1.29 is 18.9 Å². The van der Waals surface area contributed by atoms with Gasteiger partial charge >= 0.3 is 0 Å². The van der Waals surface area contributed by atoms with Crippen molar-refractivity contribution in [3.05, 3.63) is 0 Å². The van der Waals surface area contributed by atoms with Crippen LogP contribution in [0, 0.1) is 0 Å². The molecule has 0 bridgehead atoms. The molecule has 5 rings (SSSR count). The minimum absolute atomic E-state index is 0.0767. The second-order valence-corrected chi connectivity index (χ2v) is 12.5. The highest BCUT2D eigenvalue weighted by Gasteiger charge is 2.60. The van der Waals surface area contributed by atoms with Gasteiger partial charge in [0.05, 0.1) is 61.2 Å². The summed E-state index contributed by atoms with van der Waals surface area (Å²) in [6.45, 7) is 9.07. The first-order valence-corrected chi connectivity index (χ1v) is 14.7. The Morgan fingerprint density at radius 3 is 2.30 bits per heavy atom. The molecule has 172 valence electrons. The van der Waals surface area contributed by atoms with E-state index in [2.05, 4.69) is 33.3 Å². The van der Waals surface area contributed by atoms with Gasteiger partial charge in [-0.15, -0.1) is 23.5 Å². The first kappa shape index (κ1) is 22.6. The Kier molecular flexibility index (Phi) is 8.15. The number of ether oxygens (including phenoxy) is 4. The fourth-order valence-electron chi connectivity index (χ4n) is 5.39. The molecule has 5 aliphatic heterocycles. The van der Waals surface area contributed by atoms with Gasteiger partial charge in [-0.05, 0) is 25.9 Å². The fourth-order valence-corrected chi connectivity index (χ4v) is 10.6. The lowest BCUT2D eigenvalue weighted by atomic mass is 9.93. The van der Waals surface area contributed by atoms with Crippen LogP contribution in [0.5, 0.6) is 0 Å². The van der Waals surface area contributed by atoms with Crippen molar-refractivity contribution in [2.45, 2.75) is 47.0 Å². The number of hydrogen-bond acceptors (Lipinski definition) is 9. The molecule has 5 atom stereocenters. The summed E-state index contributed by atoms with van der Waals surface area (Å²) in [6.07, 6.45) is 4.32. The number of hydrogen-bond donors (Lipinski definition) is 0. The van der Waals surface area contributed by atoms with E-state index < -0.39 is 0 Å². The van der Waals surface area contributed by atoms with Gasteiger partial charge in [0.15, 0.2) is 0 Å². The highest BCUT2D eigenvalue weighted by atomic mass is 32.2. The number of likely N-dealkylation sites (tertiary alicyclic amines) is 1. The molecular weight excluding hydrogens is 440 g/mol. The number of rotatable bonds is 4. The van der Waals surface area contributed by atoms with Crippen molar-refractivity contribution in [1.29, 1.82) is 0 Å². The van der Waals surface area contributed by atoms with E-state index >= 15 is 0 Å². The molecule has 5 saturated heterocycles. The van der Waals surface area contributed by atoms with Crippen molar-refractivity contribution in [2.75, 3.05) is 83.1 Å². The largest absolute Gasteiger partial charge is 0.379 e. The molecule has 0 saturated carbocycles. The lowest BCUT2D eigenvalue weighted by Crippen LogP contribution is -2.70. The highest BCUT2D eigenvalue weighted by Crippen LogP contribution is 2.54. The topological polar surface area (TPSA) is 43.4 Å². The first-order valence-electron chi connectivity index (χ1n) is 11.6. The Labute approximate surface area is 193 Å². The molecule has 0 amide bonds. The Morgan fingerprint density at radius 1 is 0.733 bits per heavy atom. The summed E-state index contributed by atoms with van der Waals surface area (Å²) in [5, 5.41) is 0.913. The molecule has 9 heteroatoms. The number of thioether (sulfide) groups is 3. The maximum atomic E-state index is 6.56. The molecule has 0 spiro atoms. The molecule has 0 radical (unpaired) electrons. The summed E-state index contributed by atoms with van der Waals surface area (Å²) in [5.41, 5.74) is 0. The lowest BCUT2D eigenvalue weighted by molar-refractivity contribution is -0.133. The molecule has 0 aliphatic carbocycles. The molecule has 30 heavy (non-hydrogen) atoms. The van der Waals surface area contributed by atoms with Crippen LogP contribution in [0.3, 0.4) is 0 Å². The van der Waals surface area contributed by atoms with Gasteiger partial charge in [0.1, 0.15) is 6.10 Å². The van der Waals surface area contributed by atoms with Gasteiger partial charge < -0.3 is 18.9 Å². The summed E-state index contributed by atoms with van der Waals surface area (Å²) in [4.78, 5) is 5.40. The predicted octanol–water partition coefficient (Wildman–Crippen LogP) is 2.22. The Morgan fingerprint density at radius 2 is 1.57 bits per heavy atom. The number of morpholine rings is 1. The first-order chi connectivity index (χ1) is 14.9. The summed E-state index contributed by atoms with van der Waals surface area (Å²) >= 11 is 6.37. The third-order valence-corrected chi connectivity index (χ3v) is 11.7. The van der Waals surface area contributed by atoms with Crippen LogP contribution in [0.25, 0.3) is 0 Å². The van der Waals surface area contributed by atoms with Crippen LogP contribution in [0.4, 0.5) is 0 Å². The van der Waals surface area contributed by atoms with Crippen LogP contribution >= 0.6 is 35.3 Å². The van der Waals surface area contributed by atoms with E-state index in [1.807, 2.05) is 11.8 Å². The van der Waals surface area contributed by atoms with Crippen LogP contribution in [0.1, 0.15) is 19.3 Å². The molecule has 0 aromatic carbocycles. The zero-order chi connectivity index (χ0) is 20.2. The Balaban J connectivity index is 1.48. The molecule has 5 fully saturated rings. The maximum absolute atomic E-state index is 6.56. The van der Waals surface area contributed by atoms with Crippen molar-refractivity contribution in [1.82, 2.24) is 9.80 Å². The highest BCUT2D eigenvalue weighted by molar-refractivity contribution is 8.08. The quantitative estimate of drug-likeness (QED) is 0.608. The molecule has 6 nitrogen and oxygen atoms in total. The second-order valence-electron chi connectivity index (χ2n) is 8.73. The smallest absolute Gasteiger partial charge is 0.101 e. The van der Waals surface area contributed by atoms with Gasteiger partial charge in [0.2, 0.25) is 0 Å². The van der Waals surface area contributed by atoms with Crippen LogP contribution in [-0.2, 0) is 18.9 Å². The van der Waals surface area contributed by atoms with Gasteiger partial charge in [-0.3, -0.25) is 9.80 Å². The van der Waals surface area contributed by atoms with Gasteiger partial charge in [0.25, 0.3) is 0 Å². The average molecular weight is 477 g/mol. The van der Waals surface area contributed by atoms with E-state index in [4.69, 9.17) is 18.9 Å². The van der Waals surface area contributed by atoms with Crippen LogP contribution in [0.2, 0.25) is 0 Å². The third kappa shape index (κ3) is 4.71. The van der Waals surface area contributed by atoms with Crippen molar-refractivity contribution >= 4 is 35.3 Å². The summed E-state index contributed by atoms with van der Waals surface area (Å²) in [7, 11) is 0. The zero-order valence-corrected chi connectivity index (χ0v) is 20.3. The van der Waals surface area contributed by atoms with E-state index in [1.54, 1.807) is 0 Å². The van der Waals surface area contributed by atoms with E-state index in [-0.39, 0.29) is 17.0 Å². The van der Waals surface area contributed by atoms with Gasteiger partial charge in [-0.25, -0.2) is 0 Å². The monoisotopic (exact) mass is 476 g/mol. The molecule has 0 aromatic heterocycles. The van der Waals surface area contributed by atoms with E-state index in [0.717, 1.165) is 44.4 Å². The van der Waals surface area contributed by atoms with Crippen LogP contribution in [0.15, 0.2) is 0 Å². The second kappa shape index (κ2) is 10.8. The molecule has 0 N–H and O–H groups in total. The van der Waals surface area contributed by atoms with Crippen molar-refractivity contribution in [3.8, 4) is 0 Å². The fraction of sp³-hybridized carbons (Fsp3) is 1.00. The molecule has 5 unspecified atom stereocenters. The van der Waals surface area contributed by atoms with E-state index in [9.17, 15) is 0 Å². The number of nitrogens with zero attached hydrogens (tertiary/aromatic N) is 2. The normalized spacial score (nSPS) is 42.8. The Bertz CT molecular complexity index is 518. The average Bonchev–Trinajstić information content (AvgIpc) is 2.86. The standard InChI is InChI=1S/C21H36N2O4S3/c1-2-4-22(5-3-1)19-16-29-20(23-6-8-24-9-7-23)21(30-19,17-14-25-10-11-26-17)18-15-28-13-12-27-18/h17-20H,1-16H2. The lowest BCUT2D eigenvalue weighted by Gasteiger charge is -2.58. The van der Waals surface area contributed by atoms with Crippen molar-refractivity contribution in [3.63, 3.8) is 0 Å². The van der Waals surface area contributed by atoms with Gasteiger partial charge in [-0.1, -0.05) is 6.42 Å². The maximum Gasteiger partial charge on any atom is 0.101 e. The number of piperidine rings is 1. The third-order valence-electron chi connectivity index (χ3n) is 6.94. The summed E-state index contributed by atoms with van der Waals surface area (Å²) < 4.78 is 24.7. The van der Waals surface area contributed by atoms with E-state index in [0.29, 0.717) is 30.6 Å². The van der Waals surface area contributed by atoms with Crippen LogP contribution in [-0.4, -0.2) is 121 Å². The zero-order valence-electron chi connectivity index (χ0n) is 17.9. The predicted molar refractivity (Wildman–Crippen MR) is 126 cm³/mol. The SMILES string of the molecule is C1CCN(C2CSC(N3CCOCC3)C(C3COCCO3)(C3CSCCO3)S2)CC1. The van der Waals surface area contributed by atoms with Crippen LogP contribution < -0.4 is 0 Å². The summed E-state index contributed by atoms with van der Waals surface area (Å²) in [6, 6.07) is 0. The molecule has 5 heterocycles. The molecular formula is C21H36N2O4S3. The molecule has 0 aromatic rings. The Hall–Kier alpha value is 0.810.